The van der Waals surface area contributed by atoms with Crippen LogP contribution in [0.1, 0.15) is 110 Å². The first-order valence-electron chi connectivity index (χ1n) is 24.0. The van der Waals surface area contributed by atoms with Gasteiger partial charge in [0.25, 0.3) is 0 Å². The number of halogens is 2. The Morgan fingerprint density at radius 1 is 0.471 bits per heavy atom. The number of hydrogen-bond donors (Lipinski definition) is 2. The van der Waals surface area contributed by atoms with E-state index in [1.807, 2.05) is 84.9 Å². The van der Waals surface area contributed by atoms with Crippen LogP contribution in [0.25, 0.3) is 21.8 Å². The SMILES string of the molecule is CCCCC(O)(CCc1ccc(F)cc1)C(c1ccccc1)c1cc2ccccc2nc1OC.CCCCC(O)(CCc1ccc(F)cc1)C(c1ccccc1)c1cc2ccccc2nc1OC. The van der Waals surface area contributed by atoms with Crippen LogP contribution in [0.2, 0.25) is 0 Å². The lowest BCUT2D eigenvalue weighted by Gasteiger charge is -2.38. The van der Waals surface area contributed by atoms with Gasteiger partial charge in [-0.05, 0) is 109 Å². The summed E-state index contributed by atoms with van der Waals surface area (Å²) in [5.41, 5.74) is 5.46. The first kappa shape index (κ1) is 49.4. The van der Waals surface area contributed by atoms with E-state index in [-0.39, 0.29) is 23.5 Å². The van der Waals surface area contributed by atoms with Gasteiger partial charge in [0.15, 0.2) is 0 Å². The number of benzene rings is 6. The standard InChI is InChI=1S/2C30H32FNO2/c2*1-3-4-19-30(33,20-18-22-14-16-25(31)17-15-22)28(23-10-6-5-7-11-23)26-21-24-12-8-9-13-27(24)32-29(26)34-2/h2*5-17,21,28,33H,3-4,18-20H2,1-2H3. The van der Waals surface area contributed by atoms with Crippen molar-refractivity contribution in [2.45, 2.75) is 101 Å². The van der Waals surface area contributed by atoms with Gasteiger partial charge in [-0.15, -0.1) is 0 Å². The molecule has 352 valence electrons. The molecule has 4 unspecified atom stereocenters. The molecule has 0 amide bonds. The molecular weight excluding hydrogens is 851 g/mol. The second-order valence-corrected chi connectivity index (χ2v) is 17.9. The van der Waals surface area contributed by atoms with Crippen LogP contribution in [0, 0.1) is 11.6 Å². The number of rotatable bonds is 20. The highest BCUT2D eigenvalue weighted by atomic mass is 19.1. The number of para-hydroxylation sites is 2. The van der Waals surface area contributed by atoms with Gasteiger partial charge in [-0.1, -0.05) is 161 Å². The number of hydrogen-bond acceptors (Lipinski definition) is 6. The predicted molar refractivity (Wildman–Crippen MR) is 272 cm³/mol. The molecule has 2 N–H and O–H groups in total. The number of pyridine rings is 2. The maximum atomic E-state index is 13.4. The average molecular weight is 915 g/mol. The number of fused-ring (bicyclic) bond motifs is 2. The molecule has 6 nitrogen and oxygen atoms in total. The second-order valence-electron chi connectivity index (χ2n) is 17.9. The Hall–Kier alpha value is -6.48. The molecule has 0 spiro atoms. The topological polar surface area (TPSA) is 84.7 Å². The predicted octanol–water partition coefficient (Wildman–Crippen LogP) is 14.1. The minimum absolute atomic E-state index is 0.251. The molecule has 0 aliphatic carbocycles. The van der Waals surface area contributed by atoms with Gasteiger partial charge in [0.2, 0.25) is 11.8 Å². The summed E-state index contributed by atoms with van der Waals surface area (Å²) < 4.78 is 38.4. The van der Waals surface area contributed by atoms with Crippen molar-refractivity contribution < 1.29 is 28.5 Å². The molecule has 4 atom stereocenters. The molecule has 0 aliphatic rings. The number of aliphatic hydroxyl groups is 2. The Bertz CT molecular complexity index is 2610. The fraction of sp³-hybridized carbons (Fsp3) is 0.300. The Morgan fingerprint density at radius 3 is 1.18 bits per heavy atom. The molecule has 0 radical (unpaired) electrons. The number of aryl methyl sites for hydroxylation is 2. The lowest BCUT2D eigenvalue weighted by Crippen LogP contribution is -2.38. The van der Waals surface area contributed by atoms with Crippen LogP contribution in [0.15, 0.2) is 170 Å². The molecule has 0 saturated carbocycles. The molecule has 2 aromatic heterocycles. The summed E-state index contributed by atoms with van der Waals surface area (Å²) in [5, 5.41) is 26.7. The van der Waals surface area contributed by atoms with Gasteiger partial charge in [-0.2, -0.15) is 0 Å². The summed E-state index contributed by atoms with van der Waals surface area (Å²) in [4.78, 5) is 9.57. The number of methoxy groups -OCH3 is 2. The van der Waals surface area contributed by atoms with Gasteiger partial charge < -0.3 is 19.7 Å². The second kappa shape index (κ2) is 23.5. The Morgan fingerprint density at radius 2 is 0.824 bits per heavy atom. The van der Waals surface area contributed by atoms with Gasteiger partial charge in [-0.25, -0.2) is 18.7 Å². The zero-order chi connectivity index (χ0) is 47.9. The largest absolute Gasteiger partial charge is 0.481 e. The molecule has 0 aliphatic heterocycles. The molecular formula is C60H64F2N2O4. The van der Waals surface area contributed by atoms with Gasteiger partial charge in [0, 0.05) is 33.7 Å². The van der Waals surface area contributed by atoms with E-state index in [0.717, 1.165) is 80.9 Å². The van der Waals surface area contributed by atoms with Crippen molar-refractivity contribution in [3.05, 3.63) is 215 Å². The maximum absolute atomic E-state index is 13.4. The number of unbranched alkanes of at least 4 members (excludes halogenated alkanes) is 2. The van der Waals surface area contributed by atoms with E-state index in [1.165, 1.54) is 24.3 Å². The lowest BCUT2D eigenvalue weighted by atomic mass is 9.72. The highest BCUT2D eigenvalue weighted by Crippen LogP contribution is 2.46. The van der Waals surface area contributed by atoms with E-state index < -0.39 is 11.2 Å². The van der Waals surface area contributed by atoms with Crippen molar-refractivity contribution in [3.63, 3.8) is 0 Å². The number of nitrogens with zero attached hydrogens (tertiary/aromatic N) is 2. The summed E-state index contributed by atoms with van der Waals surface area (Å²) in [5.74, 6) is -0.0905. The fourth-order valence-corrected chi connectivity index (χ4v) is 9.64. The molecule has 0 fully saturated rings. The van der Waals surface area contributed by atoms with Gasteiger partial charge in [0.1, 0.15) is 11.6 Å². The van der Waals surface area contributed by atoms with E-state index in [4.69, 9.17) is 19.4 Å². The minimum atomic E-state index is -1.04. The quantitative estimate of drug-likeness (QED) is 0.0792. The van der Waals surface area contributed by atoms with Crippen LogP contribution < -0.4 is 9.47 Å². The molecule has 0 bridgehead atoms. The third-order valence-corrected chi connectivity index (χ3v) is 13.2. The van der Waals surface area contributed by atoms with Crippen molar-refractivity contribution in [1.29, 1.82) is 0 Å². The van der Waals surface area contributed by atoms with Crippen LogP contribution in [0.4, 0.5) is 8.78 Å². The Balaban J connectivity index is 0.000000201. The zero-order valence-corrected chi connectivity index (χ0v) is 39.8. The third kappa shape index (κ3) is 12.2. The van der Waals surface area contributed by atoms with E-state index >= 15 is 0 Å². The molecule has 68 heavy (non-hydrogen) atoms. The van der Waals surface area contributed by atoms with Crippen LogP contribution >= 0.6 is 0 Å². The van der Waals surface area contributed by atoms with Crippen molar-refractivity contribution >= 4 is 21.8 Å². The Kier molecular flexibility index (Phi) is 17.1. The molecule has 8 heteroatoms. The Labute approximate surface area is 400 Å². The smallest absolute Gasteiger partial charge is 0.217 e. The number of ether oxygens (including phenoxy) is 2. The molecule has 8 rings (SSSR count). The third-order valence-electron chi connectivity index (χ3n) is 13.2. The van der Waals surface area contributed by atoms with Crippen LogP contribution in [0.3, 0.4) is 0 Å². The summed E-state index contributed by atoms with van der Waals surface area (Å²) >= 11 is 0. The lowest BCUT2D eigenvalue weighted by molar-refractivity contribution is 0.00380. The van der Waals surface area contributed by atoms with Crippen LogP contribution in [-0.4, -0.2) is 45.6 Å². The molecule has 2 heterocycles. The van der Waals surface area contributed by atoms with Crippen LogP contribution in [0.5, 0.6) is 11.8 Å². The summed E-state index contributed by atoms with van der Waals surface area (Å²) in [6.45, 7) is 4.27. The normalized spacial score (nSPS) is 14.0. The minimum Gasteiger partial charge on any atom is -0.481 e. The van der Waals surface area contributed by atoms with Gasteiger partial charge in [-0.3, -0.25) is 0 Å². The van der Waals surface area contributed by atoms with Crippen LogP contribution in [-0.2, 0) is 12.8 Å². The monoisotopic (exact) mass is 914 g/mol. The maximum Gasteiger partial charge on any atom is 0.217 e. The fourth-order valence-electron chi connectivity index (χ4n) is 9.64. The first-order valence-corrected chi connectivity index (χ1v) is 24.0. The van der Waals surface area contributed by atoms with E-state index in [0.29, 0.717) is 50.3 Å². The molecule has 8 aromatic rings. The molecule has 6 aromatic carbocycles. The zero-order valence-electron chi connectivity index (χ0n) is 39.8. The van der Waals surface area contributed by atoms with E-state index in [1.54, 1.807) is 38.5 Å². The first-order chi connectivity index (χ1) is 33.1. The average Bonchev–Trinajstić information content (AvgIpc) is 3.37. The summed E-state index contributed by atoms with van der Waals surface area (Å²) in [6, 6.07) is 53.5. The van der Waals surface area contributed by atoms with Crippen molar-refractivity contribution in [2.75, 3.05) is 14.2 Å². The highest BCUT2D eigenvalue weighted by molar-refractivity contribution is 5.81. The highest BCUT2D eigenvalue weighted by Gasteiger charge is 2.41. The van der Waals surface area contributed by atoms with Crippen molar-refractivity contribution in [2.24, 2.45) is 0 Å². The summed E-state index contributed by atoms with van der Waals surface area (Å²) in [6.07, 6.45) is 7.39. The van der Waals surface area contributed by atoms with Crippen molar-refractivity contribution in [3.8, 4) is 11.8 Å². The van der Waals surface area contributed by atoms with Gasteiger partial charge in [0.05, 0.1) is 36.5 Å². The number of aromatic nitrogens is 2. The molecule has 0 saturated heterocycles. The van der Waals surface area contributed by atoms with E-state index in [9.17, 15) is 19.0 Å². The van der Waals surface area contributed by atoms with Crippen molar-refractivity contribution in [1.82, 2.24) is 9.97 Å². The van der Waals surface area contributed by atoms with Gasteiger partial charge >= 0.3 is 0 Å². The summed E-state index contributed by atoms with van der Waals surface area (Å²) in [7, 11) is 3.26. The van der Waals surface area contributed by atoms with E-state index in [2.05, 4.69) is 50.2 Å².